The predicted molar refractivity (Wildman–Crippen MR) is 166 cm³/mol. The van der Waals surface area contributed by atoms with Crippen molar-refractivity contribution in [2.24, 2.45) is 17.8 Å². The van der Waals surface area contributed by atoms with Crippen LogP contribution in [0, 0.1) is 17.8 Å². The fourth-order valence-corrected chi connectivity index (χ4v) is 9.50. The normalized spacial score (nSPS) is 32.3. The van der Waals surface area contributed by atoms with Gasteiger partial charge in [0.25, 0.3) is 5.91 Å². The summed E-state index contributed by atoms with van der Waals surface area (Å²) in [6, 6.07) is 10.6. The number of nitrogens with one attached hydrogen (secondary N) is 1. The fraction of sp³-hybridized carbons (Fsp3) is 0.545. The molecule has 45 heavy (non-hydrogen) atoms. The van der Waals surface area contributed by atoms with Gasteiger partial charge >= 0.3 is 6.18 Å². The first-order chi connectivity index (χ1) is 21.2. The van der Waals surface area contributed by atoms with E-state index in [1.54, 1.807) is 24.3 Å². The van der Waals surface area contributed by atoms with Gasteiger partial charge in [-0.25, -0.2) is 13.1 Å². The van der Waals surface area contributed by atoms with Gasteiger partial charge in [0.15, 0.2) is 0 Å². The molecule has 0 saturated heterocycles. The number of ether oxygens (including phenoxy) is 1. The maximum absolute atomic E-state index is 13.5. The molecule has 6 rings (SSSR count). The first-order valence-corrected chi connectivity index (χ1v) is 17.5. The van der Waals surface area contributed by atoms with E-state index in [4.69, 9.17) is 16.3 Å². The number of sulfonamides is 1. The first-order valence-electron chi connectivity index (χ1n) is 15.5. The number of halogens is 4. The summed E-state index contributed by atoms with van der Waals surface area (Å²) in [4.78, 5) is 15.6. The smallest absolute Gasteiger partial charge is 0.390 e. The molecule has 2 aliphatic carbocycles. The summed E-state index contributed by atoms with van der Waals surface area (Å²) in [7, 11) is -4.73. The van der Waals surface area contributed by atoms with Crippen LogP contribution in [0.5, 0.6) is 5.75 Å². The Hall–Kier alpha value is -2.76. The van der Waals surface area contributed by atoms with Crippen molar-refractivity contribution in [2.75, 3.05) is 24.6 Å². The summed E-state index contributed by atoms with van der Waals surface area (Å²) < 4.78 is 75.6. The molecule has 2 unspecified atom stereocenters. The van der Waals surface area contributed by atoms with Crippen LogP contribution in [0.25, 0.3) is 0 Å². The van der Waals surface area contributed by atoms with Crippen molar-refractivity contribution in [3.8, 4) is 5.75 Å². The number of anilines is 1. The summed E-state index contributed by atoms with van der Waals surface area (Å²) in [5.41, 5.74) is 2.59. The Kier molecular flexibility index (Phi) is 8.67. The van der Waals surface area contributed by atoms with E-state index in [0.717, 1.165) is 32.1 Å². The number of carbonyl (C=O) groups excluding carboxylic acids is 1. The number of aliphatic hydroxyl groups is 1. The number of alkyl halides is 3. The fourth-order valence-electron chi connectivity index (χ4n) is 7.65. The zero-order valence-electron chi connectivity index (χ0n) is 25.0. The monoisotopic (exact) mass is 666 g/mol. The summed E-state index contributed by atoms with van der Waals surface area (Å²) in [5.74, 6) is -1.36. The van der Waals surface area contributed by atoms with Gasteiger partial charge in [0, 0.05) is 29.1 Å². The number of aliphatic hydroxyl groups excluding tert-OH is 1. The highest BCUT2D eigenvalue weighted by molar-refractivity contribution is 7.90. The molecule has 7 nitrogen and oxygen atoms in total. The molecule has 244 valence electrons. The second kappa shape index (κ2) is 12.1. The van der Waals surface area contributed by atoms with Crippen LogP contribution in [-0.4, -0.2) is 56.7 Å². The molecular formula is C33H38ClF3N2O5S. The highest BCUT2D eigenvalue weighted by atomic mass is 35.5. The third-order valence-corrected chi connectivity index (χ3v) is 12.3. The van der Waals surface area contributed by atoms with Crippen LogP contribution in [0.2, 0.25) is 5.02 Å². The Morgan fingerprint density at radius 1 is 1.18 bits per heavy atom. The molecule has 12 heteroatoms. The minimum atomic E-state index is -4.76. The molecule has 4 aliphatic rings. The van der Waals surface area contributed by atoms with E-state index in [0.29, 0.717) is 36.2 Å². The number of carbonyl (C=O) groups is 1. The number of fused-ring (bicyclic) bond motifs is 4. The van der Waals surface area contributed by atoms with E-state index >= 15 is 0 Å². The van der Waals surface area contributed by atoms with Crippen molar-refractivity contribution in [1.29, 1.82) is 0 Å². The van der Waals surface area contributed by atoms with E-state index in [2.05, 4.69) is 11.0 Å². The zero-order chi connectivity index (χ0) is 32.1. The Morgan fingerprint density at radius 2 is 1.98 bits per heavy atom. The second-order valence-electron chi connectivity index (χ2n) is 13.3. The van der Waals surface area contributed by atoms with Crippen LogP contribution < -0.4 is 14.4 Å². The lowest BCUT2D eigenvalue weighted by molar-refractivity contribution is -0.136. The van der Waals surface area contributed by atoms with Gasteiger partial charge in [-0.1, -0.05) is 36.7 Å². The minimum Gasteiger partial charge on any atom is -0.490 e. The van der Waals surface area contributed by atoms with Crippen LogP contribution in [0.3, 0.4) is 0 Å². The average Bonchev–Trinajstić information content (AvgIpc) is 3.09. The van der Waals surface area contributed by atoms with Crippen LogP contribution in [-0.2, 0) is 21.9 Å². The zero-order valence-corrected chi connectivity index (χ0v) is 26.6. The molecular weight excluding hydrogens is 629 g/mol. The lowest BCUT2D eigenvalue weighted by Gasteiger charge is -2.45. The van der Waals surface area contributed by atoms with E-state index in [9.17, 15) is 31.5 Å². The van der Waals surface area contributed by atoms with Crippen LogP contribution in [0.15, 0.2) is 48.6 Å². The molecule has 2 N–H and O–H groups in total. The molecule has 2 aromatic rings. The van der Waals surface area contributed by atoms with E-state index in [1.807, 2.05) is 16.9 Å². The number of allylic oxidation sites excluding steroid dienone is 1. The van der Waals surface area contributed by atoms with E-state index in [1.165, 1.54) is 24.1 Å². The summed E-state index contributed by atoms with van der Waals surface area (Å²) in [6.07, 6.45) is 0.369. The quantitative estimate of drug-likeness (QED) is 0.353. The number of aryl methyl sites for hydroxylation is 1. The maximum Gasteiger partial charge on any atom is 0.390 e. The number of hydrogen-bond acceptors (Lipinski definition) is 6. The topological polar surface area (TPSA) is 95.9 Å². The van der Waals surface area contributed by atoms with Gasteiger partial charge in [-0.05, 0) is 97.7 Å². The Bertz CT molecular complexity index is 1600. The van der Waals surface area contributed by atoms with Gasteiger partial charge in [-0.2, -0.15) is 13.2 Å². The number of nitrogens with zero attached hydrogens (tertiary/aromatic N) is 1. The second-order valence-corrected chi connectivity index (χ2v) is 15.6. The van der Waals surface area contributed by atoms with E-state index in [-0.39, 0.29) is 29.2 Å². The molecule has 1 saturated carbocycles. The molecule has 1 spiro atoms. The standard InChI is InChI=1S/C33H38ClF3N2O5S/c1-20-4-2-6-28(40)25-10-7-23(25)17-39-18-32(13-3-5-21-14-24(34)9-11-26(21)32)19-44-29-12-8-22(15-27(29)39)31(41)38-45(42,43)30(20)16-33(35,36)37/h2,6,8-9,11-12,14-15,20,23,25,28,30,40H,3-5,7,10,13,16-19H2,1H3,(H,38,41)/b6-2+/t20-,23?,25?,28-,30-,32-/m0/s1. The molecule has 0 radical (unpaired) electrons. The molecule has 6 atom stereocenters. The van der Waals surface area contributed by atoms with Crippen LogP contribution in [0.1, 0.15) is 66.9 Å². The number of benzene rings is 2. The van der Waals surface area contributed by atoms with Gasteiger partial charge in [-0.15, -0.1) is 0 Å². The lowest BCUT2D eigenvalue weighted by Crippen LogP contribution is -2.49. The third-order valence-electron chi connectivity index (χ3n) is 10.2. The summed E-state index contributed by atoms with van der Waals surface area (Å²) in [6.45, 7) is 2.96. The van der Waals surface area contributed by atoms with Crippen molar-refractivity contribution < 1.29 is 36.2 Å². The largest absolute Gasteiger partial charge is 0.490 e. The molecule has 2 aliphatic heterocycles. The molecule has 1 amide bonds. The van der Waals surface area contributed by atoms with Gasteiger partial charge in [0.1, 0.15) is 5.75 Å². The van der Waals surface area contributed by atoms with Crippen LogP contribution in [0.4, 0.5) is 18.9 Å². The van der Waals surface area contributed by atoms with Gasteiger partial charge in [-0.3, -0.25) is 4.79 Å². The van der Waals surface area contributed by atoms with Crippen molar-refractivity contribution in [1.82, 2.24) is 4.72 Å². The summed E-state index contributed by atoms with van der Waals surface area (Å²) >= 11 is 6.35. The average molecular weight is 667 g/mol. The molecule has 2 heterocycles. The molecule has 0 aromatic heterocycles. The van der Waals surface area contributed by atoms with Crippen molar-refractivity contribution in [3.05, 3.63) is 70.3 Å². The van der Waals surface area contributed by atoms with Gasteiger partial charge in [0.05, 0.1) is 30.1 Å². The minimum absolute atomic E-state index is 0.00144. The highest BCUT2D eigenvalue weighted by Crippen LogP contribution is 2.47. The Balaban J connectivity index is 1.42. The lowest BCUT2D eigenvalue weighted by atomic mass is 9.68. The third kappa shape index (κ3) is 6.58. The van der Waals surface area contributed by atoms with Crippen molar-refractivity contribution in [2.45, 2.75) is 74.8 Å². The number of hydrogen-bond donors (Lipinski definition) is 2. The Morgan fingerprint density at radius 3 is 2.71 bits per heavy atom. The van der Waals surface area contributed by atoms with Crippen LogP contribution >= 0.6 is 11.6 Å². The van der Waals surface area contributed by atoms with E-state index < -0.39 is 45.8 Å². The molecule has 2 bridgehead atoms. The summed E-state index contributed by atoms with van der Waals surface area (Å²) in [5, 5.41) is 9.88. The maximum atomic E-state index is 13.5. The van der Waals surface area contributed by atoms with Gasteiger partial charge < -0.3 is 14.7 Å². The number of rotatable bonds is 1. The van der Waals surface area contributed by atoms with Crippen molar-refractivity contribution in [3.63, 3.8) is 0 Å². The van der Waals surface area contributed by atoms with Crippen molar-refractivity contribution >= 4 is 33.2 Å². The molecule has 1 fully saturated rings. The predicted octanol–water partition coefficient (Wildman–Crippen LogP) is 6.18. The highest BCUT2D eigenvalue weighted by Gasteiger charge is 2.45. The molecule has 2 aromatic carbocycles. The van der Waals surface area contributed by atoms with Gasteiger partial charge in [0.2, 0.25) is 10.0 Å². The number of amides is 1. The first kappa shape index (κ1) is 32.2. The Labute approximate surface area is 266 Å². The SMILES string of the molecule is C[C@H]1C/C=C/[C@H](O)C2CCC2CN2C[C@@]3(CCCc4cc(Cl)ccc43)COc3ccc(cc32)C(=O)NS(=O)(=O)[C@H]1CC(F)(F)F.